The number of hydrogen-bond acceptors (Lipinski definition) is 5. The molecule has 0 saturated carbocycles. The molecule has 0 aliphatic carbocycles. The minimum absolute atomic E-state index is 0.0457. The minimum Gasteiger partial charge on any atom is -0.326 e. The monoisotopic (exact) mass is 400 g/mol. The molecule has 2 heterocycles. The van der Waals surface area contributed by atoms with E-state index in [0.717, 1.165) is 31.2 Å². The van der Waals surface area contributed by atoms with Gasteiger partial charge in [-0.15, -0.1) is 11.3 Å². The van der Waals surface area contributed by atoms with E-state index in [2.05, 4.69) is 27.4 Å². The highest BCUT2D eigenvalue weighted by Crippen LogP contribution is 2.21. The van der Waals surface area contributed by atoms with Crippen LogP contribution in [0, 0.1) is 11.8 Å². The summed E-state index contributed by atoms with van der Waals surface area (Å²) in [5.41, 5.74) is 2.22. The number of rotatable bonds is 6. The first-order valence-corrected chi connectivity index (χ1v) is 10.7. The number of aromatic nitrogens is 1. The van der Waals surface area contributed by atoms with Gasteiger partial charge in [0.05, 0.1) is 5.69 Å². The first-order chi connectivity index (χ1) is 13.4. The topological polar surface area (TPSA) is 74.3 Å². The van der Waals surface area contributed by atoms with Crippen LogP contribution < -0.4 is 10.6 Å². The lowest BCUT2D eigenvalue weighted by Crippen LogP contribution is -2.32. The van der Waals surface area contributed by atoms with Crippen LogP contribution in [0.25, 0.3) is 0 Å². The Balaban J connectivity index is 1.53. The van der Waals surface area contributed by atoms with Crippen molar-refractivity contribution in [1.29, 1.82) is 0 Å². The second-order valence-electron chi connectivity index (χ2n) is 7.78. The van der Waals surface area contributed by atoms with Gasteiger partial charge in [-0.05, 0) is 56.1 Å². The van der Waals surface area contributed by atoms with Crippen LogP contribution in [0.5, 0.6) is 0 Å². The molecule has 1 aromatic heterocycles. The standard InChI is InChI=1S/C21H28N4O2S/c1-14(2)19(26)22-17-6-4-16(5-7-17)20(27)24-21-23-18(13-28-21)12-25-10-8-15(3)9-11-25/h4-7,13-15H,8-12H2,1-3H3,(H,22,26)(H,23,24,27). The van der Waals surface area contributed by atoms with Gasteiger partial charge < -0.3 is 5.32 Å². The van der Waals surface area contributed by atoms with Crippen LogP contribution in [0.3, 0.4) is 0 Å². The number of nitrogens with one attached hydrogen (secondary N) is 2. The average molecular weight is 401 g/mol. The molecule has 0 radical (unpaired) electrons. The summed E-state index contributed by atoms with van der Waals surface area (Å²) in [5.74, 6) is 0.479. The molecular formula is C21H28N4O2S. The molecule has 150 valence electrons. The molecule has 7 heteroatoms. The van der Waals surface area contributed by atoms with E-state index in [1.807, 2.05) is 19.2 Å². The van der Waals surface area contributed by atoms with Crippen molar-refractivity contribution in [1.82, 2.24) is 9.88 Å². The number of anilines is 2. The number of carbonyl (C=O) groups is 2. The quantitative estimate of drug-likeness (QED) is 0.761. The van der Waals surface area contributed by atoms with E-state index >= 15 is 0 Å². The zero-order chi connectivity index (χ0) is 20.1. The Morgan fingerprint density at radius 3 is 2.50 bits per heavy atom. The predicted octanol–water partition coefficient (Wildman–Crippen LogP) is 4.22. The third-order valence-corrected chi connectivity index (χ3v) is 5.78. The molecule has 0 unspecified atom stereocenters. The van der Waals surface area contributed by atoms with Crippen molar-refractivity contribution in [2.24, 2.45) is 11.8 Å². The van der Waals surface area contributed by atoms with Crippen LogP contribution in [-0.2, 0) is 11.3 Å². The molecule has 1 aromatic carbocycles. The SMILES string of the molecule is CC1CCN(Cc2csc(NC(=O)c3ccc(NC(=O)C(C)C)cc3)n2)CC1. The number of piperidine rings is 1. The second kappa shape index (κ2) is 9.30. The molecule has 2 aromatic rings. The lowest BCUT2D eigenvalue weighted by Gasteiger charge is -2.29. The van der Waals surface area contributed by atoms with Crippen molar-refractivity contribution < 1.29 is 9.59 Å². The predicted molar refractivity (Wildman–Crippen MR) is 114 cm³/mol. The van der Waals surface area contributed by atoms with E-state index < -0.39 is 0 Å². The lowest BCUT2D eigenvalue weighted by molar-refractivity contribution is -0.118. The molecule has 0 spiro atoms. The summed E-state index contributed by atoms with van der Waals surface area (Å²) < 4.78 is 0. The van der Waals surface area contributed by atoms with Crippen molar-refractivity contribution in [2.75, 3.05) is 23.7 Å². The largest absolute Gasteiger partial charge is 0.326 e. The molecular weight excluding hydrogens is 372 g/mol. The minimum atomic E-state index is -0.200. The van der Waals surface area contributed by atoms with E-state index in [1.54, 1.807) is 24.3 Å². The van der Waals surface area contributed by atoms with Gasteiger partial charge in [0.1, 0.15) is 0 Å². The van der Waals surface area contributed by atoms with Gasteiger partial charge >= 0.3 is 0 Å². The van der Waals surface area contributed by atoms with Gasteiger partial charge in [0.2, 0.25) is 5.91 Å². The summed E-state index contributed by atoms with van der Waals surface area (Å²) in [6.07, 6.45) is 2.47. The molecule has 1 fully saturated rings. The van der Waals surface area contributed by atoms with E-state index in [0.29, 0.717) is 16.4 Å². The van der Waals surface area contributed by atoms with Crippen LogP contribution >= 0.6 is 11.3 Å². The van der Waals surface area contributed by atoms with Gasteiger partial charge in [-0.3, -0.25) is 19.8 Å². The fraction of sp³-hybridized carbons (Fsp3) is 0.476. The van der Waals surface area contributed by atoms with E-state index in [9.17, 15) is 9.59 Å². The summed E-state index contributed by atoms with van der Waals surface area (Å²) in [6.45, 7) is 9.04. The highest BCUT2D eigenvalue weighted by atomic mass is 32.1. The van der Waals surface area contributed by atoms with Gasteiger partial charge in [0, 0.05) is 29.1 Å². The molecule has 1 saturated heterocycles. The van der Waals surface area contributed by atoms with Crippen molar-refractivity contribution in [2.45, 2.75) is 40.2 Å². The number of thiazole rings is 1. The third kappa shape index (κ3) is 5.62. The van der Waals surface area contributed by atoms with Gasteiger partial charge in [0.25, 0.3) is 5.91 Å². The normalized spacial score (nSPS) is 15.6. The Morgan fingerprint density at radius 1 is 1.18 bits per heavy atom. The van der Waals surface area contributed by atoms with Crippen LogP contribution in [0.4, 0.5) is 10.8 Å². The fourth-order valence-electron chi connectivity index (χ4n) is 3.05. The Bertz CT molecular complexity index is 808. The van der Waals surface area contributed by atoms with Crippen molar-refractivity contribution in [3.63, 3.8) is 0 Å². The molecule has 28 heavy (non-hydrogen) atoms. The van der Waals surface area contributed by atoms with Crippen molar-refractivity contribution in [3.05, 3.63) is 40.9 Å². The van der Waals surface area contributed by atoms with Gasteiger partial charge in [0.15, 0.2) is 5.13 Å². The maximum Gasteiger partial charge on any atom is 0.257 e. The molecule has 0 bridgehead atoms. The summed E-state index contributed by atoms with van der Waals surface area (Å²) in [4.78, 5) is 31.2. The smallest absolute Gasteiger partial charge is 0.257 e. The zero-order valence-corrected chi connectivity index (χ0v) is 17.5. The van der Waals surface area contributed by atoms with Crippen molar-refractivity contribution >= 4 is 34.0 Å². The number of benzene rings is 1. The fourth-order valence-corrected chi connectivity index (χ4v) is 3.74. The van der Waals surface area contributed by atoms with Crippen LogP contribution in [0.2, 0.25) is 0 Å². The highest BCUT2D eigenvalue weighted by Gasteiger charge is 2.17. The number of likely N-dealkylation sites (tertiary alicyclic amines) is 1. The van der Waals surface area contributed by atoms with Gasteiger partial charge in [-0.25, -0.2) is 4.98 Å². The molecule has 2 N–H and O–H groups in total. The molecule has 2 amide bonds. The van der Waals surface area contributed by atoms with E-state index in [4.69, 9.17) is 0 Å². The van der Waals surface area contributed by atoms with E-state index in [-0.39, 0.29) is 17.7 Å². The van der Waals surface area contributed by atoms with Gasteiger partial charge in [-0.1, -0.05) is 20.8 Å². The second-order valence-corrected chi connectivity index (χ2v) is 8.64. The van der Waals surface area contributed by atoms with Crippen LogP contribution in [0.15, 0.2) is 29.6 Å². The Labute approximate surface area is 170 Å². The summed E-state index contributed by atoms with van der Waals surface area (Å²) >= 11 is 1.45. The van der Waals surface area contributed by atoms with Crippen LogP contribution in [-0.4, -0.2) is 34.8 Å². The Kier molecular flexibility index (Phi) is 6.80. The molecule has 3 rings (SSSR count). The molecule has 1 aliphatic rings. The summed E-state index contributed by atoms with van der Waals surface area (Å²) in [5, 5.41) is 8.31. The number of hydrogen-bond donors (Lipinski definition) is 2. The van der Waals surface area contributed by atoms with E-state index in [1.165, 1.54) is 24.2 Å². The summed E-state index contributed by atoms with van der Waals surface area (Å²) in [7, 11) is 0. The number of carbonyl (C=O) groups excluding carboxylic acids is 2. The molecule has 0 atom stereocenters. The van der Waals surface area contributed by atoms with Crippen LogP contribution in [0.1, 0.15) is 49.7 Å². The van der Waals surface area contributed by atoms with Crippen molar-refractivity contribution in [3.8, 4) is 0 Å². The third-order valence-electron chi connectivity index (χ3n) is 4.97. The average Bonchev–Trinajstić information content (AvgIpc) is 3.11. The zero-order valence-electron chi connectivity index (χ0n) is 16.7. The van der Waals surface area contributed by atoms with Gasteiger partial charge in [-0.2, -0.15) is 0 Å². The number of nitrogens with zero attached hydrogens (tertiary/aromatic N) is 2. The summed E-state index contributed by atoms with van der Waals surface area (Å²) in [6, 6.07) is 6.88. The molecule has 1 aliphatic heterocycles. The first-order valence-electron chi connectivity index (χ1n) is 9.79. The maximum absolute atomic E-state index is 12.4. The maximum atomic E-state index is 12.4. The Hall–Kier alpha value is -2.25. The highest BCUT2D eigenvalue weighted by molar-refractivity contribution is 7.13. The lowest BCUT2D eigenvalue weighted by atomic mass is 9.99. The molecule has 6 nitrogen and oxygen atoms in total. The Morgan fingerprint density at radius 2 is 1.86 bits per heavy atom. The first kappa shape index (κ1) is 20.5. The number of amides is 2.